The standard InChI is InChI=1S/C18H20Cl2N2O2S/c1-21(2)25(23,24)14-6-4-12(5-7-14)16-10-22(3)11-17-15(16)8-13(19)9-18(17)20/h4-9,16H,10-11H2,1-3H3. The predicted octanol–water partition coefficient (Wildman–Crippen LogP) is 3.82. The van der Waals surface area contributed by atoms with Gasteiger partial charge in [-0.2, -0.15) is 0 Å². The van der Waals surface area contributed by atoms with E-state index in [0.29, 0.717) is 10.0 Å². The van der Waals surface area contributed by atoms with Crippen LogP contribution in [0.15, 0.2) is 41.3 Å². The highest BCUT2D eigenvalue weighted by molar-refractivity contribution is 7.89. The molecule has 0 spiro atoms. The number of benzene rings is 2. The van der Waals surface area contributed by atoms with E-state index in [-0.39, 0.29) is 10.8 Å². The van der Waals surface area contributed by atoms with Crippen LogP contribution in [0.3, 0.4) is 0 Å². The van der Waals surface area contributed by atoms with Crippen molar-refractivity contribution in [2.24, 2.45) is 0 Å². The molecular weight excluding hydrogens is 379 g/mol. The summed E-state index contributed by atoms with van der Waals surface area (Å²) in [4.78, 5) is 2.49. The van der Waals surface area contributed by atoms with Crippen LogP contribution < -0.4 is 0 Å². The number of nitrogens with zero attached hydrogens (tertiary/aromatic N) is 2. The van der Waals surface area contributed by atoms with Gasteiger partial charge in [0.25, 0.3) is 0 Å². The molecule has 0 N–H and O–H groups in total. The molecule has 1 aliphatic heterocycles. The maximum absolute atomic E-state index is 12.2. The molecule has 2 aromatic rings. The van der Waals surface area contributed by atoms with Gasteiger partial charge in [-0.05, 0) is 48.0 Å². The lowest BCUT2D eigenvalue weighted by Gasteiger charge is -2.33. The van der Waals surface area contributed by atoms with Crippen LogP contribution in [0.2, 0.25) is 10.0 Å². The normalized spacial score (nSPS) is 18.4. The Morgan fingerprint density at radius 3 is 2.36 bits per heavy atom. The van der Waals surface area contributed by atoms with Crippen LogP contribution in [0.5, 0.6) is 0 Å². The number of hydrogen-bond acceptors (Lipinski definition) is 3. The molecule has 0 saturated carbocycles. The molecule has 1 heterocycles. The van der Waals surface area contributed by atoms with E-state index in [0.717, 1.165) is 29.8 Å². The highest BCUT2D eigenvalue weighted by Gasteiger charge is 2.27. The summed E-state index contributed by atoms with van der Waals surface area (Å²) in [5.41, 5.74) is 3.23. The zero-order chi connectivity index (χ0) is 18.4. The smallest absolute Gasteiger partial charge is 0.242 e. The number of rotatable bonds is 3. The molecule has 3 rings (SSSR count). The largest absolute Gasteiger partial charge is 0.301 e. The molecule has 2 aromatic carbocycles. The maximum atomic E-state index is 12.2. The fraction of sp³-hybridized carbons (Fsp3) is 0.333. The molecule has 1 atom stereocenters. The molecule has 0 saturated heterocycles. The summed E-state index contributed by atoms with van der Waals surface area (Å²) in [7, 11) is 1.67. The zero-order valence-corrected chi connectivity index (χ0v) is 16.7. The van der Waals surface area contributed by atoms with Gasteiger partial charge in [-0.15, -0.1) is 0 Å². The van der Waals surface area contributed by atoms with Crippen molar-refractivity contribution in [2.45, 2.75) is 17.4 Å². The van der Waals surface area contributed by atoms with E-state index in [1.54, 1.807) is 18.2 Å². The van der Waals surface area contributed by atoms with Crippen LogP contribution >= 0.6 is 23.2 Å². The molecule has 0 fully saturated rings. The van der Waals surface area contributed by atoms with Crippen molar-refractivity contribution in [1.29, 1.82) is 0 Å². The summed E-state index contributed by atoms with van der Waals surface area (Å²) >= 11 is 12.6. The topological polar surface area (TPSA) is 40.6 Å². The molecule has 0 radical (unpaired) electrons. The van der Waals surface area contributed by atoms with Crippen LogP contribution in [-0.4, -0.2) is 45.3 Å². The first kappa shape index (κ1) is 18.7. The second kappa shape index (κ2) is 6.89. The first-order valence-corrected chi connectivity index (χ1v) is 10.1. The second-order valence-corrected chi connectivity index (χ2v) is 9.56. The van der Waals surface area contributed by atoms with Gasteiger partial charge >= 0.3 is 0 Å². The zero-order valence-electron chi connectivity index (χ0n) is 14.3. The van der Waals surface area contributed by atoms with Crippen molar-refractivity contribution in [3.63, 3.8) is 0 Å². The molecule has 25 heavy (non-hydrogen) atoms. The first-order valence-electron chi connectivity index (χ1n) is 7.89. The maximum Gasteiger partial charge on any atom is 0.242 e. The molecule has 0 aliphatic carbocycles. The minimum Gasteiger partial charge on any atom is -0.301 e. The molecule has 7 heteroatoms. The summed E-state index contributed by atoms with van der Waals surface area (Å²) in [6.07, 6.45) is 0. The van der Waals surface area contributed by atoms with Crippen molar-refractivity contribution in [2.75, 3.05) is 27.7 Å². The van der Waals surface area contributed by atoms with Crippen molar-refractivity contribution in [3.05, 3.63) is 63.1 Å². The summed E-state index contributed by atoms with van der Waals surface area (Å²) in [6, 6.07) is 10.8. The average molecular weight is 399 g/mol. The Hall–Kier alpha value is -1.11. The van der Waals surface area contributed by atoms with Crippen LogP contribution in [0.25, 0.3) is 0 Å². The minimum atomic E-state index is -3.43. The average Bonchev–Trinajstić information content (AvgIpc) is 2.55. The van der Waals surface area contributed by atoms with Crippen molar-refractivity contribution < 1.29 is 8.42 Å². The van der Waals surface area contributed by atoms with Gasteiger partial charge in [0.15, 0.2) is 0 Å². The third-order valence-corrected chi connectivity index (χ3v) is 6.94. The van der Waals surface area contributed by atoms with Crippen LogP contribution in [0, 0.1) is 0 Å². The van der Waals surface area contributed by atoms with Crippen molar-refractivity contribution in [3.8, 4) is 0 Å². The summed E-state index contributed by atoms with van der Waals surface area (Å²) in [5, 5.41) is 1.29. The van der Waals surface area contributed by atoms with E-state index >= 15 is 0 Å². The lowest BCUT2D eigenvalue weighted by molar-refractivity contribution is 0.295. The lowest BCUT2D eigenvalue weighted by Crippen LogP contribution is -2.31. The van der Waals surface area contributed by atoms with E-state index in [1.165, 1.54) is 18.4 Å². The fourth-order valence-corrected chi connectivity index (χ4v) is 4.68. The molecular formula is C18H20Cl2N2O2S. The molecule has 1 aliphatic rings. The van der Waals surface area contributed by atoms with E-state index < -0.39 is 10.0 Å². The molecule has 134 valence electrons. The number of halogens is 2. The van der Waals surface area contributed by atoms with Gasteiger partial charge in [0, 0.05) is 43.1 Å². The van der Waals surface area contributed by atoms with Crippen LogP contribution in [-0.2, 0) is 16.6 Å². The highest BCUT2D eigenvalue weighted by Crippen LogP contribution is 2.38. The molecule has 0 amide bonds. The highest BCUT2D eigenvalue weighted by atomic mass is 35.5. The number of fused-ring (bicyclic) bond motifs is 1. The van der Waals surface area contributed by atoms with E-state index in [4.69, 9.17) is 23.2 Å². The van der Waals surface area contributed by atoms with Crippen molar-refractivity contribution in [1.82, 2.24) is 9.21 Å². The van der Waals surface area contributed by atoms with Crippen LogP contribution in [0.1, 0.15) is 22.6 Å². The number of sulfonamides is 1. The van der Waals surface area contributed by atoms with Crippen LogP contribution in [0.4, 0.5) is 0 Å². The molecule has 1 unspecified atom stereocenters. The Morgan fingerprint density at radius 1 is 1.12 bits per heavy atom. The third kappa shape index (κ3) is 3.57. The van der Waals surface area contributed by atoms with Gasteiger partial charge in [-0.1, -0.05) is 35.3 Å². The van der Waals surface area contributed by atoms with Gasteiger partial charge < -0.3 is 4.90 Å². The number of hydrogen-bond donors (Lipinski definition) is 0. The first-order chi connectivity index (χ1) is 11.7. The van der Waals surface area contributed by atoms with E-state index in [1.807, 2.05) is 25.2 Å². The Kier molecular flexibility index (Phi) is 5.15. The minimum absolute atomic E-state index is 0.0982. The van der Waals surface area contributed by atoms with E-state index in [2.05, 4.69) is 4.90 Å². The number of likely N-dealkylation sites (N-methyl/N-ethyl adjacent to an activating group) is 1. The summed E-state index contributed by atoms with van der Waals surface area (Å²) < 4.78 is 25.7. The van der Waals surface area contributed by atoms with Gasteiger partial charge in [0.2, 0.25) is 10.0 Å². The Morgan fingerprint density at radius 2 is 1.76 bits per heavy atom. The van der Waals surface area contributed by atoms with Gasteiger partial charge in [-0.25, -0.2) is 12.7 Å². The Bertz CT molecular complexity index is 896. The van der Waals surface area contributed by atoms with Crippen molar-refractivity contribution >= 4 is 33.2 Å². The third-order valence-electron chi connectivity index (χ3n) is 4.55. The quantitative estimate of drug-likeness (QED) is 0.788. The van der Waals surface area contributed by atoms with E-state index in [9.17, 15) is 8.42 Å². The molecule has 0 bridgehead atoms. The predicted molar refractivity (Wildman–Crippen MR) is 102 cm³/mol. The fourth-order valence-electron chi connectivity index (χ4n) is 3.21. The Labute approximate surface area is 159 Å². The lowest BCUT2D eigenvalue weighted by atomic mass is 9.85. The van der Waals surface area contributed by atoms with Gasteiger partial charge in [-0.3, -0.25) is 0 Å². The van der Waals surface area contributed by atoms with Gasteiger partial charge in [0.1, 0.15) is 0 Å². The summed E-state index contributed by atoms with van der Waals surface area (Å²) in [5.74, 6) is 0.0982. The molecule has 0 aromatic heterocycles. The Balaban J connectivity index is 2.04. The second-order valence-electron chi connectivity index (χ2n) is 6.56. The summed E-state index contributed by atoms with van der Waals surface area (Å²) in [6.45, 7) is 1.60. The molecule has 4 nitrogen and oxygen atoms in total. The SMILES string of the molecule is CN1Cc2c(Cl)cc(Cl)cc2C(c2ccc(S(=O)(=O)N(C)C)cc2)C1. The monoisotopic (exact) mass is 398 g/mol. The van der Waals surface area contributed by atoms with Gasteiger partial charge in [0.05, 0.1) is 4.90 Å².